The van der Waals surface area contributed by atoms with Gasteiger partial charge in [-0.15, -0.1) is 0 Å². The molecule has 1 atom stereocenters. The van der Waals surface area contributed by atoms with Gasteiger partial charge in [0, 0.05) is 0 Å². The van der Waals surface area contributed by atoms with Gasteiger partial charge >= 0.3 is 0 Å². The molecule has 0 bridgehead atoms. The first-order valence-electron chi connectivity index (χ1n) is 6.26. The zero-order valence-corrected chi connectivity index (χ0v) is 10.1. The van der Waals surface area contributed by atoms with Gasteiger partial charge in [-0.3, -0.25) is 0 Å². The lowest BCUT2D eigenvalue weighted by Crippen LogP contribution is -2.35. The zero-order valence-electron chi connectivity index (χ0n) is 10.1. The normalized spacial score (nSPS) is 23.1. The van der Waals surface area contributed by atoms with E-state index in [-0.39, 0.29) is 11.5 Å². The second kappa shape index (κ2) is 5.16. The van der Waals surface area contributed by atoms with Crippen molar-refractivity contribution in [2.24, 2.45) is 11.3 Å². The van der Waals surface area contributed by atoms with Gasteiger partial charge in [0.05, 0.1) is 6.10 Å². The summed E-state index contributed by atoms with van der Waals surface area (Å²) in [6.07, 6.45) is 8.85. The number of hydrogen-bond donors (Lipinski definition) is 1. The molecule has 1 heteroatoms. The van der Waals surface area contributed by atoms with E-state index in [1.807, 2.05) is 0 Å². The van der Waals surface area contributed by atoms with Crippen LogP contribution in [0, 0.1) is 11.3 Å². The van der Waals surface area contributed by atoms with Gasteiger partial charge in [0.2, 0.25) is 0 Å². The SMILES string of the molecule is CCC(C)(C)C(O)C1CCCCCC1. The molecule has 0 aromatic heterocycles. The van der Waals surface area contributed by atoms with Gasteiger partial charge in [-0.1, -0.05) is 46.5 Å². The van der Waals surface area contributed by atoms with Crippen molar-refractivity contribution in [3.05, 3.63) is 0 Å². The van der Waals surface area contributed by atoms with Gasteiger partial charge in [0.15, 0.2) is 0 Å². The minimum absolute atomic E-state index is 0.0920. The van der Waals surface area contributed by atoms with Gasteiger partial charge in [-0.25, -0.2) is 0 Å². The molecule has 0 amide bonds. The Balaban J connectivity index is 2.53. The van der Waals surface area contributed by atoms with Crippen LogP contribution in [0.4, 0.5) is 0 Å². The lowest BCUT2D eigenvalue weighted by molar-refractivity contribution is -0.00626. The molecule has 1 saturated carbocycles. The molecule has 0 heterocycles. The minimum Gasteiger partial charge on any atom is -0.392 e. The summed E-state index contributed by atoms with van der Waals surface area (Å²) >= 11 is 0. The van der Waals surface area contributed by atoms with Crippen molar-refractivity contribution in [2.45, 2.75) is 71.8 Å². The Bertz CT molecular complexity index is 155. The molecular weight excluding hydrogens is 172 g/mol. The zero-order chi connectivity index (χ0) is 10.6. The first kappa shape index (κ1) is 12.0. The summed E-state index contributed by atoms with van der Waals surface area (Å²) in [6, 6.07) is 0. The van der Waals surface area contributed by atoms with Crippen LogP contribution in [0.5, 0.6) is 0 Å². The number of rotatable bonds is 3. The predicted octanol–water partition coefficient (Wildman–Crippen LogP) is 3.75. The molecule has 84 valence electrons. The van der Waals surface area contributed by atoms with Crippen LogP contribution in [0.1, 0.15) is 65.7 Å². The Hall–Kier alpha value is -0.0400. The molecule has 0 aromatic rings. The largest absolute Gasteiger partial charge is 0.392 e. The minimum atomic E-state index is -0.0920. The lowest BCUT2D eigenvalue weighted by Gasteiger charge is -2.35. The monoisotopic (exact) mass is 198 g/mol. The summed E-state index contributed by atoms with van der Waals surface area (Å²) in [5.74, 6) is 0.562. The van der Waals surface area contributed by atoms with Crippen molar-refractivity contribution in [3.8, 4) is 0 Å². The third-order valence-electron chi connectivity index (χ3n) is 4.06. The van der Waals surface area contributed by atoms with Crippen LogP contribution in [0.3, 0.4) is 0 Å². The van der Waals surface area contributed by atoms with E-state index in [1.165, 1.54) is 38.5 Å². The molecule has 1 aliphatic rings. The smallest absolute Gasteiger partial charge is 0.0619 e. The molecule has 0 aliphatic heterocycles. The summed E-state index contributed by atoms with van der Waals surface area (Å²) in [6.45, 7) is 6.57. The van der Waals surface area contributed by atoms with Crippen LogP contribution in [0.15, 0.2) is 0 Å². The highest BCUT2D eigenvalue weighted by atomic mass is 16.3. The standard InChI is InChI=1S/C13H26O/c1-4-13(2,3)12(14)11-9-7-5-6-8-10-11/h11-12,14H,4-10H2,1-3H3. The topological polar surface area (TPSA) is 20.2 Å². The van der Waals surface area contributed by atoms with Crippen molar-refractivity contribution in [1.82, 2.24) is 0 Å². The molecule has 1 aliphatic carbocycles. The van der Waals surface area contributed by atoms with Gasteiger partial charge in [0.1, 0.15) is 0 Å². The average Bonchev–Trinajstić information content (AvgIpc) is 2.44. The van der Waals surface area contributed by atoms with Crippen molar-refractivity contribution < 1.29 is 5.11 Å². The number of hydrogen-bond acceptors (Lipinski definition) is 1. The molecule has 0 saturated heterocycles. The summed E-state index contributed by atoms with van der Waals surface area (Å²) < 4.78 is 0. The summed E-state index contributed by atoms with van der Waals surface area (Å²) in [4.78, 5) is 0. The molecule has 14 heavy (non-hydrogen) atoms. The first-order valence-corrected chi connectivity index (χ1v) is 6.26. The van der Waals surface area contributed by atoms with Gasteiger partial charge < -0.3 is 5.11 Å². The van der Waals surface area contributed by atoms with Crippen molar-refractivity contribution in [1.29, 1.82) is 0 Å². The Morgan fingerprint density at radius 2 is 1.64 bits per heavy atom. The van der Waals surface area contributed by atoms with Crippen molar-refractivity contribution >= 4 is 0 Å². The quantitative estimate of drug-likeness (QED) is 0.685. The second-order valence-corrected chi connectivity index (χ2v) is 5.54. The van der Waals surface area contributed by atoms with E-state index in [9.17, 15) is 5.11 Å². The van der Waals surface area contributed by atoms with E-state index >= 15 is 0 Å². The van der Waals surface area contributed by atoms with Crippen LogP contribution in [-0.4, -0.2) is 11.2 Å². The Kier molecular flexibility index (Phi) is 4.43. The molecular formula is C13H26O. The van der Waals surface area contributed by atoms with Crippen LogP contribution < -0.4 is 0 Å². The van der Waals surface area contributed by atoms with E-state index in [2.05, 4.69) is 20.8 Å². The molecule has 0 aromatic carbocycles. The fourth-order valence-electron chi connectivity index (χ4n) is 2.47. The molecule has 1 fully saturated rings. The summed E-state index contributed by atoms with van der Waals surface area (Å²) in [5, 5.41) is 10.3. The van der Waals surface area contributed by atoms with E-state index in [1.54, 1.807) is 0 Å². The van der Waals surface area contributed by atoms with Gasteiger partial charge in [-0.05, 0) is 30.6 Å². The maximum absolute atomic E-state index is 10.3. The predicted molar refractivity (Wildman–Crippen MR) is 61.3 cm³/mol. The molecule has 1 unspecified atom stereocenters. The third kappa shape index (κ3) is 2.98. The highest BCUT2D eigenvalue weighted by Gasteiger charge is 2.32. The van der Waals surface area contributed by atoms with Crippen molar-refractivity contribution in [3.63, 3.8) is 0 Å². The van der Waals surface area contributed by atoms with E-state index in [4.69, 9.17) is 0 Å². The van der Waals surface area contributed by atoms with Crippen LogP contribution in [0.2, 0.25) is 0 Å². The summed E-state index contributed by atoms with van der Waals surface area (Å²) in [7, 11) is 0. The van der Waals surface area contributed by atoms with E-state index < -0.39 is 0 Å². The van der Waals surface area contributed by atoms with Crippen LogP contribution >= 0.6 is 0 Å². The van der Waals surface area contributed by atoms with E-state index in [0.717, 1.165) is 6.42 Å². The molecule has 0 radical (unpaired) electrons. The Labute approximate surface area is 88.9 Å². The van der Waals surface area contributed by atoms with Crippen LogP contribution in [-0.2, 0) is 0 Å². The second-order valence-electron chi connectivity index (χ2n) is 5.54. The Morgan fingerprint density at radius 3 is 2.07 bits per heavy atom. The molecule has 1 N–H and O–H groups in total. The molecule has 1 nitrogen and oxygen atoms in total. The van der Waals surface area contributed by atoms with E-state index in [0.29, 0.717) is 5.92 Å². The molecule has 0 spiro atoms. The fraction of sp³-hybridized carbons (Fsp3) is 1.00. The molecule has 1 rings (SSSR count). The lowest BCUT2D eigenvalue weighted by atomic mass is 9.75. The van der Waals surface area contributed by atoms with Crippen LogP contribution in [0.25, 0.3) is 0 Å². The Morgan fingerprint density at radius 1 is 1.14 bits per heavy atom. The van der Waals surface area contributed by atoms with Gasteiger partial charge in [-0.2, -0.15) is 0 Å². The first-order chi connectivity index (χ1) is 6.58. The number of aliphatic hydroxyl groups is 1. The third-order valence-corrected chi connectivity index (χ3v) is 4.06. The maximum Gasteiger partial charge on any atom is 0.0619 e. The highest BCUT2D eigenvalue weighted by molar-refractivity contribution is 4.83. The number of aliphatic hydroxyl groups excluding tert-OH is 1. The van der Waals surface area contributed by atoms with Crippen molar-refractivity contribution in [2.75, 3.05) is 0 Å². The van der Waals surface area contributed by atoms with Gasteiger partial charge in [0.25, 0.3) is 0 Å². The summed E-state index contributed by atoms with van der Waals surface area (Å²) in [5.41, 5.74) is 0.106. The average molecular weight is 198 g/mol. The maximum atomic E-state index is 10.3. The fourth-order valence-corrected chi connectivity index (χ4v) is 2.47. The highest BCUT2D eigenvalue weighted by Crippen LogP contribution is 2.35.